The molecule has 1 fully saturated rings. The lowest BCUT2D eigenvalue weighted by Crippen LogP contribution is -2.57. The summed E-state index contributed by atoms with van der Waals surface area (Å²) in [4.78, 5) is 2.47. The Kier molecular flexibility index (Phi) is 3.24. The Labute approximate surface area is 95.2 Å². The third-order valence-electron chi connectivity index (χ3n) is 4.25. The molecule has 0 amide bonds. The molecule has 2 nitrogen and oxygen atoms in total. The van der Waals surface area contributed by atoms with Crippen LogP contribution in [0, 0.1) is 10.8 Å². The molecule has 1 unspecified atom stereocenters. The molecule has 0 aromatic carbocycles. The summed E-state index contributed by atoms with van der Waals surface area (Å²) in [6.07, 6.45) is 2.66. The molecule has 90 valence electrons. The summed E-state index contributed by atoms with van der Waals surface area (Å²) in [5.74, 6) is 0. The predicted molar refractivity (Wildman–Crippen MR) is 66.9 cm³/mol. The van der Waals surface area contributed by atoms with Crippen LogP contribution >= 0.6 is 0 Å². The molecule has 0 saturated heterocycles. The van der Waals surface area contributed by atoms with Crippen LogP contribution in [0.25, 0.3) is 0 Å². The highest BCUT2D eigenvalue weighted by atomic mass is 15.2. The number of likely N-dealkylation sites (N-methyl/N-ethyl adjacent to an activating group) is 1. The normalized spacial score (nSPS) is 24.0. The second-order valence-corrected chi connectivity index (χ2v) is 6.96. The number of hydrogen-bond donors (Lipinski definition) is 1. The first-order valence-electron chi connectivity index (χ1n) is 6.06. The molecule has 2 heteroatoms. The molecular formula is C13H28N2. The Morgan fingerprint density at radius 2 is 1.67 bits per heavy atom. The fraction of sp³-hybridized carbons (Fsp3) is 1.00. The Morgan fingerprint density at radius 1 is 1.20 bits per heavy atom. The summed E-state index contributed by atoms with van der Waals surface area (Å²) < 4.78 is 0. The van der Waals surface area contributed by atoms with E-state index >= 15 is 0 Å². The van der Waals surface area contributed by atoms with Gasteiger partial charge in [0.05, 0.1) is 0 Å². The third kappa shape index (κ3) is 2.54. The van der Waals surface area contributed by atoms with Crippen LogP contribution in [-0.4, -0.2) is 30.6 Å². The number of nitrogens with two attached hydrogens (primary N) is 1. The molecule has 0 radical (unpaired) electrons. The average Bonchev–Trinajstić information content (AvgIpc) is 2.80. The van der Waals surface area contributed by atoms with Crippen molar-refractivity contribution in [3.05, 3.63) is 0 Å². The van der Waals surface area contributed by atoms with Crippen molar-refractivity contribution in [1.82, 2.24) is 4.90 Å². The zero-order valence-electron chi connectivity index (χ0n) is 11.4. The SMILES string of the molecule is CN(CC(C)(C)C)C(C)(CN)C1(C)CC1. The average molecular weight is 212 g/mol. The van der Waals surface area contributed by atoms with Gasteiger partial charge in [-0.3, -0.25) is 4.90 Å². The lowest BCUT2D eigenvalue weighted by molar-refractivity contribution is 0.0447. The van der Waals surface area contributed by atoms with Crippen LogP contribution in [0.5, 0.6) is 0 Å². The highest BCUT2D eigenvalue weighted by Gasteiger charge is 2.54. The van der Waals surface area contributed by atoms with Gasteiger partial charge in [-0.1, -0.05) is 27.7 Å². The number of nitrogens with zero attached hydrogens (tertiary/aromatic N) is 1. The summed E-state index contributed by atoms with van der Waals surface area (Å²) >= 11 is 0. The lowest BCUT2D eigenvalue weighted by atomic mass is 9.81. The van der Waals surface area contributed by atoms with Gasteiger partial charge in [0.2, 0.25) is 0 Å². The molecular weight excluding hydrogens is 184 g/mol. The van der Waals surface area contributed by atoms with E-state index in [9.17, 15) is 0 Å². The van der Waals surface area contributed by atoms with Crippen molar-refractivity contribution in [3.63, 3.8) is 0 Å². The van der Waals surface area contributed by atoms with E-state index in [0.29, 0.717) is 10.8 Å². The van der Waals surface area contributed by atoms with Gasteiger partial charge < -0.3 is 5.73 Å². The zero-order chi connectivity index (χ0) is 11.9. The summed E-state index contributed by atoms with van der Waals surface area (Å²) in [6.45, 7) is 13.4. The van der Waals surface area contributed by atoms with Crippen LogP contribution in [0.15, 0.2) is 0 Å². The van der Waals surface area contributed by atoms with Gasteiger partial charge in [-0.2, -0.15) is 0 Å². The topological polar surface area (TPSA) is 29.3 Å². The third-order valence-corrected chi connectivity index (χ3v) is 4.25. The molecule has 0 spiro atoms. The largest absolute Gasteiger partial charge is 0.329 e. The minimum Gasteiger partial charge on any atom is -0.329 e. The van der Waals surface area contributed by atoms with Crippen LogP contribution in [0.2, 0.25) is 0 Å². The molecule has 1 aliphatic carbocycles. The second-order valence-electron chi connectivity index (χ2n) is 6.96. The fourth-order valence-electron chi connectivity index (χ4n) is 2.48. The summed E-state index contributed by atoms with van der Waals surface area (Å²) in [7, 11) is 2.22. The Morgan fingerprint density at radius 3 is 1.93 bits per heavy atom. The van der Waals surface area contributed by atoms with Gasteiger partial charge in [-0.05, 0) is 37.6 Å². The van der Waals surface area contributed by atoms with Crippen LogP contribution in [0.3, 0.4) is 0 Å². The summed E-state index contributed by atoms with van der Waals surface area (Å²) in [5.41, 5.74) is 6.97. The summed E-state index contributed by atoms with van der Waals surface area (Å²) in [5, 5.41) is 0. The van der Waals surface area contributed by atoms with Crippen molar-refractivity contribution < 1.29 is 0 Å². The van der Waals surface area contributed by atoms with Gasteiger partial charge >= 0.3 is 0 Å². The molecule has 0 aromatic heterocycles. The minimum atomic E-state index is 0.167. The van der Waals surface area contributed by atoms with E-state index in [4.69, 9.17) is 5.73 Å². The predicted octanol–water partition coefficient (Wildman–Crippen LogP) is 2.48. The highest BCUT2D eigenvalue weighted by Crippen LogP contribution is 2.55. The van der Waals surface area contributed by atoms with Gasteiger partial charge in [0.25, 0.3) is 0 Å². The van der Waals surface area contributed by atoms with Crippen LogP contribution in [0.1, 0.15) is 47.5 Å². The quantitative estimate of drug-likeness (QED) is 0.776. The Bertz CT molecular complexity index is 225. The zero-order valence-corrected chi connectivity index (χ0v) is 11.4. The van der Waals surface area contributed by atoms with Crippen molar-refractivity contribution >= 4 is 0 Å². The van der Waals surface area contributed by atoms with E-state index in [1.807, 2.05) is 0 Å². The monoisotopic (exact) mass is 212 g/mol. The molecule has 1 atom stereocenters. The molecule has 1 rings (SSSR count). The van der Waals surface area contributed by atoms with Crippen molar-refractivity contribution in [3.8, 4) is 0 Å². The smallest absolute Gasteiger partial charge is 0.0354 e. The molecule has 1 aliphatic rings. The summed E-state index contributed by atoms with van der Waals surface area (Å²) in [6, 6.07) is 0. The van der Waals surface area contributed by atoms with Gasteiger partial charge in [0, 0.05) is 18.6 Å². The van der Waals surface area contributed by atoms with Crippen LogP contribution < -0.4 is 5.73 Å². The number of hydrogen-bond acceptors (Lipinski definition) is 2. The van der Waals surface area contributed by atoms with Crippen LogP contribution in [-0.2, 0) is 0 Å². The molecule has 1 saturated carbocycles. The molecule has 0 aliphatic heterocycles. The second kappa shape index (κ2) is 3.74. The van der Waals surface area contributed by atoms with E-state index < -0.39 is 0 Å². The maximum atomic E-state index is 6.01. The lowest BCUT2D eigenvalue weighted by Gasteiger charge is -2.46. The van der Waals surface area contributed by atoms with Gasteiger partial charge in [0.1, 0.15) is 0 Å². The first-order chi connectivity index (χ1) is 6.65. The number of rotatable bonds is 4. The van der Waals surface area contributed by atoms with Crippen molar-refractivity contribution in [2.24, 2.45) is 16.6 Å². The molecule has 15 heavy (non-hydrogen) atoms. The maximum absolute atomic E-state index is 6.01. The Hall–Kier alpha value is -0.0800. The minimum absolute atomic E-state index is 0.167. The fourth-order valence-corrected chi connectivity index (χ4v) is 2.48. The van der Waals surface area contributed by atoms with Gasteiger partial charge in [-0.15, -0.1) is 0 Å². The van der Waals surface area contributed by atoms with Crippen molar-refractivity contribution in [1.29, 1.82) is 0 Å². The van der Waals surface area contributed by atoms with Crippen molar-refractivity contribution in [2.45, 2.75) is 53.0 Å². The Balaban J connectivity index is 2.74. The van der Waals surface area contributed by atoms with Gasteiger partial charge in [0.15, 0.2) is 0 Å². The van der Waals surface area contributed by atoms with Crippen LogP contribution in [0.4, 0.5) is 0 Å². The maximum Gasteiger partial charge on any atom is 0.0354 e. The van der Waals surface area contributed by atoms with E-state index in [-0.39, 0.29) is 5.54 Å². The van der Waals surface area contributed by atoms with Gasteiger partial charge in [-0.25, -0.2) is 0 Å². The first-order valence-corrected chi connectivity index (χ1v) is 6.06. The molecule has 0 bridgehead atoms. The van der Waals surface area contributed by atoms with E-state index in [1.54, 1.807) is 0 Å². The first kappa shape index (κ1) is 13.0. The molecule has 0 heterocycles. The van der Waals surface area contributed by atoms with E-state index in [0.717, 1.165) is 13.1 Å². The van der Waals surface area contributed by atoms with E-state index in [1.165, 1.54) is 12.8 Å². The standard InChI is InChI=1S/C13H28N2/c1-11(2,3)10-15(6)13(5,9-14)12(4)7-8-12/h7-10,14H2,1-6H3. The van der Waals surface area contributed by atoms with Crippen molar-refractivity contribution in [2.75, 3.05) is 20.1 Å². The highest BCUT2D eigenvalue weighted by molar-refractivity contribution is 5.09. The molecule has 0 aromatic rings. The molecule has 2 N–H and O–H groups in total. The van der Waals surface area contributed by atoms with E-state index in [2.05, 4.69) is 46.6 Å².